The van der Waals surface area contributed by atoms with Gasteiger partial charge in [0.15, 0.2) is 14.1 Å². The summed E-state index contributed by atoms with van der Waals surface area (Å²) < 4.78 is 6.13. The summed E-state index contributed by atoms with van der Waals surface area (Å²) >= 11 is 6.20. The van der Waals surface area contributed by atoms with Crippen LogP contribution in [0.25, 0.3) is 6.08 Å². The molecule has 0 bridgehead atoms. The SMILES string of the molecule is C[Si](C)(C)OC1CC(=Cc2ccccc2)C(=O)C(Cl)C1. The summed E-state index contributed by atoms with van der Waals surface area (Å²) in [5, 5.41) is -0.458. The molecular weight excluding hydrogens is 288 g/mol. The molecule has 1 aromatic carbocycles. The van der Waals surface area contributed by atoms with Gasteiger partial charge in [-0.05, 0) is 43.3 Å². The van der Waals surface area contributed by atoms with Gasteiger partial charge in [-0.2, -0.15) is 0 Å². The van der Waals surface area contributed by atoms with Crippen LogP contribution in [0.5, 0.6) is 0 Å². The molecule has 4 heteroatoms. The van der Waals surface area contributed by atoms with Crippen LogP contribution in [0.1, 0.15) is 18.4 Å². The van der Waals surface area contributed by atoms with Crippen LogP contribution in [-0.4, -0.2) is 25.6 Å². The van der Waals surface area contributed by atoms with Crippen molar-refractivity contribution in [2.75, 3.05) is 0 Å². The molecular formula is C16H21ClO2Si. The fourth-order valence-corrected chi connectivity index (χ4v) is 3.96. The first-order valence-corrected chi connectivity index (χ1v) is 10.8. The Balaban J connectivity index is 2.18. The lowest BCUT2D eigenvalue weighted by Gasteiger charge is -2.32. The molecule has 2 rings (SSSR count). The standard InChI is InChI=1S/C16H21ClO2Si/c1-20(2,3)19-14-10-13(16(18)15(17)11-14)9-12-7-5-4-6-8-12/h4-9,14-15H,10-11H2,1-3H3. The smallest absolute Gasteiger partial charge is 0.184 e. The number of Topliss-reactive ketones (excluding diaryl/α,β-unsaturated/α-hetero) is 1. The molecule has 20 heavy (non-hydrogen) atoms. The third kappa shape index (κ3) is 4.30. The van der Waals surface area contributed by atoms with E-state index in [9.17, 15) is 4.79 Å². The van der Waals surface area contributed by atoms with Gasteiger partial charge >= 0.3 is 0 Å². The van der Waals surface area contributed by atoms with E-state index < -0.39 is 13.7 Å². The van der Waals surface area contributed by atoms with Crippen molar-refractivity contribution in [3.8, 4) is 0 Å². The normalized spacial score (nSPS) is 26.0. The minimum absolute atomic E-state index is 0.0472. The van der Waals surface area contributed by atoms with Crippen LogP contribution in [0.4, 0.5) is 0 Å². The average molecular weight is 309 g/mol. The van der Waals surface area contributed by atoms with Crippen molar-refractivity contribution in [2.45, 2.75) is 44.0 Å². The molecule has 0 aliphatic heterocycles. The molecule has 0 saturated heterocycles. The fourth-order valence-electron chi connectivity index (χ4n) is 2.44. The summed E-state index contributed by atoms with van der Waals surface area (Å²) in [5.74, 6) is 0.0472. The summed E-state index contributed by atoms with van der Waals surface area (Å²) in [6, 6.07) is 9.88. The molecule has 2 atom stereocenters. The van der Waals surface area contributed by atoms with Crippen molar-refractivity contribution in [1.82, 2.24) is 0 Å². The summed E-state index contributed by atoms with van der Waals surface area (Å²) in [5.41, 5.74) is 1.82. The number of hydrogen-bond acceptors (Lipinski definition) is 2. The third-order valence-electron chi connectivity index (χ3n) is 3.18. The molecule has 2 nitrogen and oxygen atoms in total. The molecule has 1 aliphatic carbocycles. The number of rotatable bonds is 3. The van der Waals surface area contributed by atoms with E-state index in [-0.39, 0.29) is 11.9 Å². The molecule has 0 amide bonds. The Hall–Kier alpha value is -0.903. The maximum Gasteiger partial charge on any atom is 0.184 e. The Morgan fingerprint density at radius 2 is 1.90 bits per heavy atom. The van der Waals surface area contributed by atoms with E-state index in [0.29, 0.717) is 12.8 Å². The number of ketones is 1. The van der Waals surface area contributed by atoms with Gasteiger partial charge in [-0.15, -0.1) is 11.6 Å². The highest BCUT2D eigenvalue weighted by Gasteiger charge is 2.33. The number of carbonyl (C=O) groups is 1. The van der Waals surface area contributed by atoms with E-state index >= 15 is 0 Å². The molecule has 0 spiro atoms. The predicted octanol–water partition coefficient (Wildman–Crippen LogP) is 4.26. The van der Waals surface area contributed by atoms with Crippen LogP contribution in [0.3, 0.4) is 0 Å². The number of carbonyl (C=O) groups excluding carboxylic acids is 1. The van der Waals surface area contributed by atoms with Crippen molar-refractivity contribution in [3.05, 3.63) is 41.5 Å². The van der Waals surface area contributed by atoms with E-state index in [4.69, 9.17) is 16.0 Å². The summed E-state index contributed by atoms with van der Waals surface area (Å²) in [7, 11) is -1.62. The highest BCUT2D eigenvalue weighted by molar-refractivity contribution is 6.69. The van der Waals surface area contributed by atoms with Crippen LogP contribution in [0, 0.1) is 0 Å². The van der Waals surface area contributed by atoms with Gasteiger partial charge in [0.05, 0.1) is 11.5 Å². The molecule has 108 valence electrons. The van der Waals surface area contributed by atoms with Crippen LogP contribution in [0.2, 0.25) is 19.6 Å². The van der Waals surface area contributed by atoms with Crippen LogP contribution in [-0.2, 0) is 9.22 Å². The summed E-state index contributed by atoms with van der Waals surface area (Å²) in [6.07, 6.45) is 3.30. The molecule has 0 heterocycles. The molecule has 0 aromatic heterocycles. The van der Waals surface area contributed by atoms with Gasteiger partial charge in [-0.1, -0.05) is 30.3 Å². The van der Waals surface area contributed by atoms with Gasteiger partial charge in [0.2, 0.25) is 0 Å². The lowest BCUT2D eigenvalue weighted by molar-refractivity contribution is -0.117. The zero-order valence-corrected chi connectivity index (χ0v) is 14.0. The Morgan fingerprint density at radius 3 is 2.50 bits per heavy atom. The molecule has 0 N–H and O–H groups in total. The lowest BCUT2D eigenvalue weighted by Crippen LogP contribution is -2.39. The second-order valence-electron chi connectivity index (χ2n) is 6.20. The van der Waals surface area contributed by atoms with Crippen molar-refractivity contribution >= 4 is 31.8 Å². The van der Waals surface area contributed by atoms with Gasteiger partial charge in [0.1, 0.15) is 0 Å². The van der Waals surface area contributed by atoms with E-state index in [1.807, 2.05) is 36.4 Å². The van der Waals surface area contributed by atoms with E-state index in [1.54, 1.807) is 0 Å². The monoisotopic (exact) mass is 308 g/mol. The Morgan fingerprint density at radius 1 is 1.25 bits per heavy atom. The molecule has 1 aromatic rings. The second-order valence-corrected chi connectivity index (χ2v) is 11.2. The Bertz CT molecular complexity index is 505. The first-order valence-electron chi connectivity index (χ1n) is 6.97. The maximum atomic E-state index is 12.2. The Kier molecular flexibility index (Phi) is 4.84. The quantitative estimate of drug-likeness (QED) is 0.474. The fraction of sp³-hybridized carbons (Fsp3) is 0.438. The molecule has 2 unspecified atom stereocenters. The van der Waals surface area contributed by atoms with Crippen LogP contribution >= 0.6 is 11.6 Å². The van der Waals surface area contributed by atoms with Crippen molar-refractivity contribution in [3.63, 3.8) is 0 Å². The van der Waals surface area contributed by atoms with E-state index in [0.717, 1.165) is 11.1 Å². The summed E-state index contributed by atoms with van der Waals surface area (Å²) in [4.78, 5) is 12.2. The number of benzene rings is 1. The highest BCUT2D eigenvalue weighted by atomic mass is 35.5. The minimum Gasteiger partial charge on any atom is -0.414 e. The van der Waals surface area contributed by atoms with Crippen LogP contribution in [0.15, 0.2) is 35.9 Å². The third-order valence-corrected chi connectivity index (χ3v) is 4.60. The zero-order valence-electron chi connectivity index (χ0n) is 12.2. The molecule has 1 aliphatic rings. The molecule has 0 radical (unpaired) electrons. The van der Waals surface area contributed by atoms with Crippen LogP contribution < -0.4 is 0 Å². The maximum absolute atomic E-state index is 12.2. The molecule has 1 fully saturated rings. The lowest BCUT2D eigenvalue weighted by atomic mass is 9.89. The molecule has 1 saturated carbocycles. The second kappa shape index (κ2) is 6.25. The van der Waals surface area contributed by atoms with Gasteiger partial charge in [-0.3, -0.25) is 4.79 Å². The van der Waals surface area contributed by atoms with Gasteiger partial charge < -0.3 is 4.43 Å². The number of halogens is 1. The van der Waals surface area contributed by atoms with Gasteiger partial charge in [0, 0.05) is 6.42 Å². The first-order chi connectivity index (χ1) is 9.35. The van der Waals surface area contributed by atoms with E-state index in [1.165, 1.54) is 0 Å². The van der Waals surface area contributed by atoms with Crippen molar-refractivity contribution in [2.24, 2.45) is 0 Å². The zero-order chi connectivity index (χ0) is 14.8. The van der Waals surface area contributed by atoms with Gasteiger partial charge in [-0.25, -0.2) is 0 Å². The minimum atomic E-state index is -1.62. The predicted molar refractivity (Wildman–Crippen MR) is 86.5 cm³/mol. The average Bonchev–Trinajstić information content (AvgIpc) is 2.34. The van der Waals surface area contributed by atoms with Gasteiger partial charge in [0.25, 0.3) is 0 Å². The summed E-state index contributed by atoms with van der Waals surface area (Å²) in [6.45, 7) is 6.48. The highest BCUT2D eigenvalue weighted by Crippen LogP contribution is 2.30. The number of hydrogen-bond donors (Lipinski definition) is 0. The Labute approximate surface area is 126 Å². The topological polar surface area (TPSA) is 26.3 Å². The van der Waals surface area contributed by atoms with Crippen molar-refractivity contribution < 1.29 is 9.22 Å². The number of alkyl halides is 1. The first kappa shape index (κ1) is 15.5. The van der Waals surface area contributed by atoms with E-state index in [2.05, 4.69) is 19.6 Å². The largest absolute Gasteiger partial charge is 0.414 e. The van der Waals surface area contributed by atoms with Crippen molar-refractivity contribution in [1.29, 1.82) is 0 Å².